The summed E-state index contributed by atoms with van der Waals surface area (Å²) in [6, 6.07) is -1.01. The molecule has 0 heterocycles. The van der Waals surface area contributed by atoms with E-state index in [0.29, 0.717) is 19.3 Å². The molecule has 6 nitrogen and oxygen atoms in total. The molecule has 51 heavy (non-hydrogen) atoms. The van der Waals surface area contributed by atoms with Crippen LogP contribution in [0.1, 0.15) is 200 Å². The van der Waals surface area contributed by atoms with E-state index in [1.54, 1.807) is 0 Å². The van der Waals surface area contributed by atoms with Gasteiger partial charge < -0.3 is 25.7 Å². The number of amides is 1. The molecule has 0 radical (unpaired) electrons. The second kappa shape index (κ2) is 39.5. The van der Waals surface area contributed by atoms with Crippen LogP contribution in [0.25, 0.3) is 0 Å². The first-order chi connectivity index (χ1) is 25.0. The average molecular weight is 718 g/mol. The van der Waals surface area contributed by atoms with Gasteiger partial charge in [-0.05, 0) is 83.5 Å². The first kappa shape index (κ1) is 49.3. The molecule has 5 N–H and O–H groups in total. The Labute approximate surface area is 315 Å². The molecular formula is C45H83NO5. The number of carbonyl (C=O) groups excluding carboxylic acids is 1. The minimum atomic E-state index is -1.29. The molecule has 0 aliphatic heterocycles. The normalized spacial score (nSPS) is 14.7. The van der Waals surface area contributed by atoms with Crippen molar-refractivity contribution in [3.63, 3.8) is 0 Å². The van der Waals surface area contributed by atoms with Crippen molar-refractivity contribution in [2.24, 2.45) is 0 Å². The molecule has 298 valence electrons. The Morgan fingerprint density at radius 2 is 0.882 bits per heavy atom. The smallest absolute Gasteiger partial charge is 0.249 e. The molecule has 0 fully saturated rings. The third kappa shape index (κ3) is 33.8. The van der Waals surface area contributed by atoms with Crippen molar-refractivity contribution in [3.8, 4) is 0 Å². The van der Waals surface area contributed by atoms with Crippen molar-refractivity contribution in [1.29, 1.82) is 0 Å². The van der Waals surface area contributed by atoms with Crippen LogP contribution in [0.4, 0.5) is 0 Å². The molecule has 0 aliphatic rings. The summed E-state index contributed by atoms with van der Waals surface area (Å²) in [6.45, 7) is 4.00. The van der Waals surface area contributed by atoms with Crippen LogP contribution in [-0.4, -0.2) is 57.3 Å². The highest BCUT2D eigenvalue weighted by Crippen LogP contribution is 2.14. The number of rotatable bonds is 38. The zero-order valence-corrected chi connectivity index (χ0v) is 33.3. The van der Waals surface area contributed by atoms with Crippen LogP contribution in [0, 0.1) is 0 Å². The summed E-state index contributed by atoms with van der Waals surface area (Å²) in [5.41, 5.74) is 0. The van der Waals surface area contributed by atoms with Crippen LogP contribution >= 0.6 is 0 Å². The number of allylic oxidation sites excluding steroid dienone is 8. The molecule has 0 saturated carbocycles. The van der Waals surface area contributed by atoms with Gasteiger partial charge in [0, 0.05) is 0 Å². The summed E-state index contributed by atoms with van der Waals surface area (Å²) in [7, 11) is 0. The Kier molecular flexibility index (Phi) is 38.1. The van der Waals surface area contributed by atoms with E-state index in [-0.39, 0.29) is 0 Å². The SMILES string of the molecule is CCCCCC/C=C/CC/C=C/CCCC(O)C(O)C(CO)NC(=O)C(O)CCCCCCCC/C=C\C/C=C\CCCCCCCCCCC. The highest BCUT2D eigenvalue weighted by molar-refractivity contribution is 5.80. The van der Waals surface area contributed by atoms with Crippen molar-refractivity contribution in [2.75, 3.05) is 6.61 Å². The van der Waals surface area contributed by atoms with E-state index in [4.69, 9.17) is 0 Å². The molecular weight excluding hydrogens is 634 g/mol. The summed E-state index contributed by atoms with van der Waals surface area (Å²) in [4.78, 5) is 12.5. The summed E-state index contributed by atoms with van der Waals surface area (Å²) in [6.07, 6.45) is 47.1. The van der Waals surface area contributed by atoms with Crippen LogP contribution in [-0.2, 0) is 4.79 Å². The fourth-order valence-electron chi connectivity index (χ4n) is 6.27. The summed E-state index contributed by atoms with van der Waals surface area (Å²) >= 11 is 0. The fraction of sp³-hybridized carbons (Fsp3) is 0.800. The summed E-state index contributed by atoms with van der Waals surface area (Å²) in [5, 5.41) is 43.5. The van der Waals surface area contributed by atoms with Crippen LogP contribution < -0.4 is 5.32 Å². The minimum absolute atomic E-state index is 0.346. The molecule has 4 atom stereocenters. The van der Waals surface area contributed by atoms with Gasteiger partial charge in [-0.3, -0.25) is 4.79 Å². The maximum atomic E-state index is 12.5. The summed E-state index contributed by atoms with van der Waals surface area (Å²) in [5.74, 6) is -0.608. The van der Waals surface area contributed by atoms with Gasteiger partial charge in [-0.1, -0.05) is 165 Å². The molecule has 0 rings (SSSR count). The predicted octanol–water partition coefficient (Wildman–Crippen LogP) is 11.1. The first-order valence-corrected chi connectivity index (χ1v) is 21.5. The van der Waals surface area contributed by atoms with E-state index >= 15 is 0 Å². The van der Waals surface area contributed by atoms with Gasteiger partial charge in [0.05, 0.1) is 18.8 Å². The minimum Gasteiger partial charge on any atom is -0.394 e. The number of aliphatic hydroxyl groups excluding tert-OH is 4. The van der Waals surface area contributed by atoms with E-state index in [1.807, 2.05) is 0 Å². The van der Waals surface area contributed by atoms with E-state index in [1.165, 1.54) is 103 Å². The lowest BCUT2D eigenvalue weighted by Gasteiger charge is -2.27. The zero-order chi connectivity index (χ0) is 37.5. The molecule has 0 aromatic carbocycles. The number of aliphatic hydroxyl groups is 4. The van der Waals surface area contributed by atoms with E-state index in [2.05, 4.69) is 67.8 Å². The van der Waals surface area contributed by atoms with Gasteiger partial charge in [-0.15, -0.1) is 0 Å². The van der Waals surface area contributed by atoms with Gasteiger partial charge in [-0.25, -0.2) is 0 Å². The maximum Gasteiger partial charge on any atom is 0.249 e. The second-order valence-corrected chi connectivity index (χ2v) is 14.7. The summed E-state index contributed by atoms with van der Waals surface area (Å²) < 4.78 is 0. The highest BCUT2D eigenvalue weighted by atomic mass is 16.3. The van der Waals surface area contributed by atoms with Gasteiger partial charge in [0.1, 0.15) is 12.2 Å². The average Bonchev–Trinajstić information content (AvgIpc) is 3.13. The largest absolute Gasteiger partial charge is 0.394 e. The van der Waals surface area contributed by atoms with E-state index < -0.39 is 36.9 Å². The van der Waals surface area contributed by atoms with Crippen molar-refractivity contribution < 1.29 is 25.2 Å². The van der Waals surface area contributed by atoms with Gasteiger partial charge in [0.25, 0.3) is 0 Å². The predicted molar refractivity (Wildman–Crippen MR) is 219 cm³/mol. The van der Waals surface area contributed by atoms with Gasteiger partial charge >= 0.3 is 0 Å². The topological polar surface area (TPSA) is 110 Å². The Hall–Kier alpha value is -1.73. The maximum absolute atomic E-state index is 12.5. The lowest BCUT2D eigenvalue weighted by Crippen LogP contribution is -2.53. The highest BCUT2D eigenvalue weighted by Gasteiger charge is 2.28. The molecule has 0 aliphatic carbocycles. The quantitative estimate of drug-likeness (QED) is 0.0323. The molecule has 0 aromatic rings. The third-order valence-corrected chi connectivity index (χ3v) is 9.74. The number of unbranched alkanes of at least 4 members (excludes halogenated alkanes) is 21. The Morgan fingerprint density at radius 1 is 0.490 bits per heavy atom. The van der Waals surface area contributed by atoms with Crippen LogP contribution in [0.15, 0.2) is 48.6 Å². The standard InChI is InChI=1S/C45H83NO5/c1-3-5-7-9-11-13-15-17-18-19-20-21-22-23-24-25-27-29-31-33-35-37-39-43(49)45(51)46-41(40-47)44(50)42(48)38-36-34-32-30-28-26-16-14-12-10-8-6-4-2/h14,16,20-21,23-24,30,32,41-44,47-50H,3-13,15,17-19,22,25-29,31,33-40H2,1-2H3,(H,46,51)/b16-14+,21-20-,24-23-,32-30+. The molecule has 6 heteroatoms. The van der Waals surface area contributed by atoms with E-state index in [0.717, 1.165) is 64.2 Å². The van der Waals surface area contributed by atoms with Gasteiger partial charge in [0.2, 0.25) is 5.91 Å². The van der Waals surface area contributed by atoms with Crippen molar-refractivity contribution in [2.45, 2.75) is 224 Å². The van der Waals surface area contributed by atoms with Gasteiger partial charge in [0.15, 0.2) is 0 Å². The molecule has 4 unspecified atom stereocenters. The fourth-order valence-corrected chi connectivity index (χ4v) is 6.27. The molecule has 1 amide bonds. The molecule has 0 spiro atoms. The van der Waals surface area contributed by atoms with Crippen LogP contribution in [0.3, 0.4) is 0 Å². The first-order valence-electron chi connectivity index (χ1n) is 21.5. The van der Waals surface area contributed by atoms with Crippen molar-refractivity contribution in [3.05, 3.63) is 48.6 Å². The number of carbonyl (C=O) groups is 1. The lowest BCUT2D eigenvalue weighted by atomic mass is 10.00. The van der Waals surface area contributed by atoms with Crippen LogP contribution in [0.2, 0.25) is 0 Å². The lowest BCUT2D eigenvalue weighted by molar-refractivity contribution is -0.132. The van der Waals surface area contributed by atoms with Crippen molar-refractivity contribution in [1.82, 2.24) is 5.32 Å². The third-order valence-electron chi connectivity index (χ3n) is 9.74. The van der Waals surface area contributed by atoms with Crippen molar-refractivity contribution >= 4 is 5.91 Å². The van der Waals surface area contributed by atoms with Crippen LogP contribution in [0.5, 0.6) is 0 Å². The monoisotopic (exact) mass is 718 g/mol. The number of hydrogen-bond acceptors (Lipinski definition) is 5. The Morgan fingerprint density at radius 3 is 1.37 bits per heavy atom. The molecule has 0 saturated heterocycles. The van der Waals surface area contributed by atoms with Gasteiger partial charge in [-0.2, -0.15) is 0 Å². The zero-order valence-electron chi connectivity index (χ0n) is 33.3. The Bertz CT molecular complexity index is 854. The molecule has 0 aromatic heterocycles. The van der Waals surface area contributed by atoms with E-state index in [9.17, 15) is 25.2 Å². The number of hydrogen-bond donors (Lipinski definition) is 5. The second-order valence-electron chi connectivity index (χ2n) is 14.7. The molecule has 0 bridgehead atoms. The Balaban J connectivity index is 3.82. The number of nitrogens with one attached hydrogen (secondary N) is 1.